The van der Waals surface area contributed by atoms with Crippen molar-refractivity contribution < 1.29 is 0 Å². The minimum Gasteiger partial charge on any atom is -0.0646 e. The third-order valence-corrected chi connectivity index (χ3v) is 7.11. The quantitative estimate of drug-likeness (QED) is 0.447. The van der Waals surface area contributed by atoms with E-state index >= 15 is 0 Å². The van der Waals surface area contributed by atoms with Crippen molar-refractivity contribution in [2.24, 2.45) is 0 Å². The van der Waals surface area contributed by atoms with Crippen molar-refractivity contribution in [3.63, 3.8) is 0 Å². The van der Waals surface area contributed by atoms with Gasteiger partial charge in [-0.15, -0.1) is 0 Å². The molecular weight excluding hydrogens is 324 g/mol. The van der Waals surface area contributed by atoms with Gasteiger partial charge in [-0.2, -0.15) is 0 Å². The Balaban J connectivity index is 2.13. The van der Waals surface area contributed by atoms with Crippen molar-refractivity contribution in [3.05, 3.63) is 69.8 Å². The topological polar surface area (TPSA) is 0 Å². The van der Waals surface area contributed by atoms with Crippen LogP contribution in [0.4, 0.5) is 0 Å². The highest BCUT2D eigenvalue weighted by Gasteiger charge is 2.24. The highest BCUT2D eigenvalue weighted by atomic mass is 14.3. The van der Waals surface area contributed by atoms with E-state index in [1.807, 2.05) is 0 Å². The summed E-state index contributed by atoms with van der Waals surface area (Å²) in [5.74, 6) is 0. The normalized spacial score (nSPS) is 12.4. The molecule has 0 amide bonds. The number of hydrogen-bond donors (Lipinski definition) is 0. The maximum absolute atomic E-state index is 2.42. The Hall–Kier alpha value is -1.56. The molecule has 0 nitrogen and oxygen atoms in total. The second-order valence-electron chi connectivity index (χ2n) is 9.30. The standard InChI is InChI=1S/C27H40/c1-9-26(6,7)24-16-14-22(18-20(24)4)12-13-23-15-17-25(21(5)19-23)27(8,10-2)11-3/h14-19H,9-13H2,1-8H3. The minimum atomic E-state index is 0.265. The van der Waals surface area contributed by atoms with Crippen LogP contribution in [-0.2, 0) is 23.7 Å². The van der Waals surface area contributed by atoms with Gasteiger partial charge in [0.15, 0.2) is 0 Å². The molecule has 0 heterocycles. The molecule has 0 heteroatoms. The number of aryl methyl sites for hydroxylation is 4. The summed E-state index contributed by atoms with van der Waals surface area (Å²) in [5.41, 5.74) is 9.40. The van der Waals surface area contributed by atoms with E-state index in [4.69, 9.17) is 0 Å². The maximum Gasteiger partial charge on any atom is -0.00779 e. The predicted molar refractivity (Wildman–Crippen MR) is 121 cm³/mol. The fourth-order valence-electron chi connectivity index (χ4n) is 4.31. The van der Waals surface area contributed by atoms with Gasteiger partial charge in [-0.1, -0.05) is 77.9 Å². The molecule has 2 rings (SSSR count). The highest BCUT2D eigenvalue weighted by molar-refractivity contribution is 5.38. The van der Waals surface area contributed by atoms with Crippen LogP contribution in [0.5, 0.6) is 0 Å². The Morgan fingerprint density at radius 1 is 0.630 bits per heavy atom. The van der Waals surface area contributed by atoms with Crippen molar-refractivity contribution in [1.29, 1.82) is 0 Å². The van der Waals surface area contributed by atoms with E-state index in [0.29, 0.717) is 5.41 Å². The molecule has 0 aliphatic heterocycles. The van der Waals surface area contributed by atoms with Crippen LogP contribution < -0.4 is 0 Å². The van der Waals surface area contributed by atoms with Crippen LogP contribution in [0.25, 0.3) is 0 Å². The Kier molecular flexibility index (Phi) is 6.95. The van der Waals surface area contributed by atoms with E-state index in [2.05, 4.69) is 91.8 Å². The van der Waals surface area contributed by atoms with E-state index < -0.39 is 0 Å². The molecule has 0 saturated carbocycles. The van der Waals surface area contributed by atoms with Crippen LogP contribution in [0.15, 0.2) is 36.4 Å². The summed E-state index contributed by atoms with van der Waals surface area (Å²) in [5, 5.41) is 0. The SMILES string of the molecule is CCC(C)(C)c1ccc(CCc2ccc(C(C)(CC)CC)c(C)c2)cc1C. The molecule has 2 aromatic carbocycles. The van der Waals surface area contributed by atoms with E-state index in [9.17, 15) is 0 Å². The van der Waals surface area contributed by atoms with E-state index in [1.54, 1.807) is 0 Å². The van der Waals surface area contributed by atoms with Crippen molar-refractivity contribution >= 4 is 0 Å². The largest absolute Gasteiger partial charge is 0.0646 e. The first kappa shape index (κ1) is 21.7. The lowest BCUT2D eigenvalue weighted by Crippen LogP contribution is -2.21. The molecule has 148 valence electrons. The molecule has 0 saturated heterocycles. The lowest BCUT2D eigenvalue weighted by Gasteiger charge is -2.29. The first-order chi connectivity index (χ1) is 12.7. The van der Waals surface area contributed by atoms with E-state index in [-0.39, 0.29) is 5.41 Å². The Morgan fingerprint density at radius 3 is 1.44 bits per heavy atom. The molecule has 0 bridgehead atoms. The van der Waals surface area contributed by atoms with Gasteiger partial charge in [0.1, 0.15) is 0 Å². The highest BCUT2D eigenvalue weighted by Crippen LogP contribution is 2.34. The summed E-state index contributed by atoms with van der Waals surface area (Å²) in [4.78, 5) is 0. The van der Waals surface area contributed by atoms with Gasteiger partial charge in [0, 0.05) is 0 Å². The molecule has 0 aromatic heterocycles. The van der Waals surface area contributed by atoms with Gasteiger partial charge in [0.2, 0.25) is 0 Å². The van der Waals surface area contributed by atoms with Gasteiger partial charge in [-0.3, -0.25) is 0 Å². The van der Waals surface area contributed by atoms with Crippen molar-refractivity contribution in [3.8, 4) is 0 Å². The van der Waals surface area contributed by atoms with Gasteiger partial charge in [0.05, 0.1) is 0 Å². The van der Waals surface area contributed by atoms with Crippen LogP contribution in [-0.4, -0.2) is 0 Å². The first-order valence-corrected chi connectivity index (χ1v) is 10.9. The zero-order chi connectivity index (χ0) is 20.2. The van der Waals surface area contributed by atoms with Crippen LogP contribution in [0.3, 0.4) is 0 Å². The summed E-state index contributed by atoms with van der Waals surface area (Å²) in [6.07, 6.45) is 5.80. The van der Waals surface area contributed by atoms with Gasteiger partial charge < -0.3 is 0 Å². The molecule has 0 fully saturated rings. The minimum absolute atomic E-state index is 0.265. The molecule has 0 aliphatic rings. The Bertz CT molecular complexity index is 760. The van der Waals surface area contributed by atoms with Crippen molar-refractivity contribution in [1.82, 2.24) is 0 Å². The second-order valence-corrected chi connectivity index (χ2v) is 9.30. The average Bonchev–Trinajstić information content (AvgIpc) is 2.65. The molecular formula is C27H40. The molecule has 0 N–H and O–H groups in total. The van der Waals surface area contributed by atoms with Gasteiger partial charge in [-0.05, 0) is 90.2 Å². The molecule has 0 radical (unpaired) electrons. The fraction of sp³-hybridized carbons (Fsp3) is 0.556. The molecule has 0 spiro atoms. The van der Waals surface area contributed by atoms with E-state index in [1.165, 1.54) is 52.6 Å². The maximum atomic E-state index is 2.42. The summed E-state index contributed by atoms with van der Waals surface area (Å²) in [6.45, 7) is 18.5. The van der Waals surface area contributed by atoms with Gasteiger partial charge >= 0.3 is 0 Å². The van der Waals surface area contributed by atoms with Crippen molar-refractivity contribution in [2.45, 2.75) is 98.3 Å². The zero-order valence-corrected chi connectivity index (χ0v) is 19.0. The summed E-state index contributed by atoms with van der Waals surface area (Å²) < 4.78 is 0. The predicted octanol–water partition coefficient (Wildman–Crippen LogP) is 7.85. The third-order valence-electron chi connectivity index (χ3n) is 7.11. The second kappa shape index (κ2) is 8.63. The molecule has 0 unspecified atom stereocenters. The number of rotatable bonds is 8. The van der Waals surface area contributed by atoms with Crippen LogP contribution in [0, 0.1) is 13.8 Å². The smallest absolute Gasteiger partial charge is 0.00779 e. The molecule has 27 heavy (non-hydrogen) atoms. The Labute approximate surface area is 168 Å². The summed E-state index contributed by atoms with van der Waals surface area (Å²) >= 11 is 0. The first-order valence-electron chi connectivity index (χ1n) is 10.9. The van der Waals surface area contributed by atoms with Crippen molar-refractivity contribution in [2.75, 3.05) is 0 Å². The lowest BCUT2D eigenvalue weighted by atomic mass is 9.75. The zero-order valence-electron chi connectivity index (χ0n) is 19.0. The van der Waals surface area contributed by atoms with Gasteiger partial charge in [0.25, 0.3) is 0 Å². The Morgan fingerprint density at radius 2 is 1.07 bits per heavy atom. The number of benzene rings is 2. The fourth-order valence-corrected chi connectivity index (χ4v) is 4.31. The molecule has 0 aliphatic carbocycles. The molecule has 0 atom stereocenters. The molecule has 2 aromatic rings. The lowest BCUT2D eigenvalue weighted by molar-refractivity contribution is 0.436. The summed E-state index contributed by atoms with van der Waals surface area (Å²) in [7, 11) is 0. The number of hydrogen-bond acceptors (Lipinski definition) is 0. The van der Waals surface area contributed by atoms with Crippen LogP contribution in [0.2, 0.25) is 0 Å². The van der Waals surface area contributed by atoms with E-state index in [0.717, 1.165) is 12.8 Å². The third kappa shape index (κ3) is 4.84. The van der Waals surface area contributed by atoms with Crippen LogP contribution in [0.1, 0.15) is 94.2 Å². The van der Waals surface area contributed by atoms with Crippen LogP contribution >= 0.6 is 0 Å². The summed E-state index contributed by atoms with van der Waals surface area (Å²) in [6, 6.07) is 14.3. The monoisotopic (exact) mass is 364 g/mol. The average molecular weight is 365 g/mol. The van der Waals surface area contributed by atoms with Gasteiger partial charge in [-0.25, -0.2) is 0 Å².